The van der Waals surface area contributed by atoms with Gasteiger partial charge in [-0.2, -0.15) is 0 Å². The first kappa shape index (κ1) is 34.6. The molecule has 0 bridgehead atoms. The highest BCUT2D eigenvalue weighted by atomic mass is 15.0. The van der Waals surface area contributed by atoms with Gasteiger partial charge in [0, 0.05) is 27.5 Å². The molecule has 4 heteroatoms. The van der Waals surface area contributed by atoms with Gasteiger partial charge in [0.2, 0.25) is 0 Å². The van der Waals surface area contributed by atoms with Gasteiger partial charge in [-0.1, -0.05) is 194 Å². The average molecular weight is 789 g/mol. The third kappa shape index (κ3) is 4.92. The largest absolute Gasteiger partial charge is 0.309 e. The number of para-hydroxylation sites is 3. The summed E-state index contributed by atoms with van der Waals surface area (Å²) in [6, 6.07) is 78.6. The predicted octanol–water partition coefficient (Wildman–Crippen LogP) is 14.0. The van der Waals surface area contributed by atoms with E-state index in [1.165, 1.54) is 66.4 Å². The maximum atomic E-state index is 5.21. The molecule has 0 radical (unpaired) electrons. The molecule has 1 unspecified atom stereocenters. The zero-order valence-electron chi connectivity index (χ0n) is 33.6. The van der Waals surface area contributed by atoms with Gasteiger partial charge in [0.15, 0.2) is 17.5 Å². The highest BCUT2D eigenvalue weighted by Gasteiger charge is 2.51. The molecule has 2 aliphatic rings. The van der Waals surface area contributed by atoms with Crippen molar-refractivity contribution >= 4 is 21.8 Å². The fourth-order valence-corrected chi connectivity index (χ4v) is 10.5. The Bertz CT molecular complexity index is 3590. The van der Waals surface area contributed by atoms with Gasteiger partial charge in [-0.25, -0.2) is 15.0 Å². The molecule has 0 saturated carbocycles. The second kappa shape index (κ2) is 13.4. The van der Waals surface area contributed by atoms with E-state index in [-0.39, 0.29) is 0 Å². The molecule has 62 heavy (non-hydrogen) atoms. The number of nitrogens with zero attached hydrogens (tertiary/aromatic N) is 4. The van der Waals surface area contributed by atoms with Crippen molar-refractivity contribution in [1.29, 1.82) is 0 Å². The summed E-state index contributed by atoms with van der Waals surface area (Å²) in [4.78, 5) is 15.4. The number of rotatable bonds is 5. The minimum atomic E-state index is -0.526. The van der Waals surface area contributed by atoms with Crippen molar-refractivity contribution in [2.45, 2.75) is 5.41 Å². The van der Waals surface area contributed by atoms with Crippen LogP contribution in [0.3, 0.4) is 0 Å². The van der Waals surface area contributed by atoms with Crippen LogP contribution >= 0.6 is 0 Å². The number of benzene rings is 9. The zero-order chi connectivity index (χ0) is 40.8. The quantitative estimate of drug-likeness (QED) is 0.174. The zero-order valence-corrected chi connectivity index (χ0v) is 33.6. The highest BCUT2D eigenvalue weighted by molar-refractivity contribution is 6.13. The average Bonchev–Trinajstić information content (AvgIpc) is 3.85. The van der Waals surface area contributed by atoms with E-state index in [4.69, 9.17) is 15.0 Å². The number of aromatic nitrogens is 4. The summed E-state index contributed by atoms with van der Waals surface area (Å²) in [6.45, 7) is 0. The molecule has 13 rings (SSSR count). The lowest BCUT2D eigenvalue weighted by molar-refractivity contribution is 0.748. The third-order valence-corrected chi connectivity index (χ3v) is 13.0. The first-order valence-electron chi connectivity index (χ1n) is 21.2. The second-order valence-electron chi connectivity index (χ2n) is 16.3. The predicted molar refractivity (Wildman–Crippen MR) is 252 cm³/mol. The first-order chi connectivity index (χ1) is 30.8. The van der Waals surface area contributed by atoms with E-state index in [9.17, 15) is 0 Å². The molecule has 0 saturated heterocycles. The molecule has 4 nitrogen and oxygen atoms in total. The topological polar surface area (TPSA) is 43.6 Å². The highest BCUT2D eigenvalue weighted by Crippen LogP contribution is 2.62. The van der Waals surface area contributed by atoms with Gasteiger partial charge >= 0.3 is 0 Å². The molecule has 3 heterocycles. The van der Waals surface area contributed by atoms with Crippen LogP contribution in [-0.2, 0) is 5.41 Å². The van der Waals surface area contributed by atoms with Gasteiger partial charge in [0.25, 0.3) is 0 Å². The summed E-state index contributed by atoms with van der Waals surface area (Å²) in [6.07, 6.45) is 0. The summed E-state index contributed by atoms with van der Waals surface area (Å²) in [5, 5.41) is 2.55. The SMILES string of the molecule is c1ccc(-c2cccc(-c3nc(-c4ccccc4)nc(-c4cccc(-c5cccc6c5-c5ccccc5C65c6ccccc6-n6c7ccccc7c7cccc5c76)c4)n3)c2)cc1. The summed E-state index contributed by atoms with van der Waals surface area (Å²) < 4.78 is 2.50. The van der Waals surface area contributed by atoms with E-state index >= 15 is 0 Å². The minimum Gasteiger partial charge on any atom is -0.309 e. The fourth-order valence-electron chi connectivity index (χ4n) is 10.5. The molecule has 0 fully saturated rings. The Kier molecular flexibility index (Phi) is 7.49. The monoisotopic (exact) mass is 788 g/mol. The Balaban J connectivity index is 1.02. The van der Waals surface area contributed by atoms with Crippen molar-refractivity contribution in [1.82, 2.24) is 19.5 Å². The lowest BCUT2D eigenvalue weighted by Gasteiger charge is -2.39. The molecule has 11 aromatic rings. The molecule has 2 aromatic heterocycles. The molecular formula is C58H36N4. The van der Waals surface area contributed by atoms with Crippen LogP contribution in [0, 0.1) is 0 Å². The number of hydrogen-bond acceptors (Lipinski definition) is 3. The van der Waals surface area contributed by atoms with Gasteiger partial charge in [-0.15, -0.1) is 0 Å². The van der Waals surface area contributed by atoms with Crippen molar-refractivity contribution in [3.8, 4) is 73.2 Å². The van der Waals surface area contributed by atoms with Crippen LogP contribution in [-0.4, -0.2) is 19.5 Å². The molecule has 9 aromatic carbocycles. The number of fused-ring (bicyclic) bond motifs is 12. The summed E-state index contributed by atoms with van der Waals surface area (Å²) in [7, 11) is 0. The lowest BCUT2D eigenvalue weighted by atomic mass is 9.65. The molecule has 1 atom stereocenters. The van der Waals surface area contributed by atoms with Crippen LogP contribution in [0.4, 0.5) is 0 Å². The standard InChI is InChI=1S/C58H36N4/c1-3-17-37(18-4-1)39-21-13-23-41(35-39)56-59-55(38-19-5-2-6-20-38)60-57(61-56)42-24-14-22-40(36-42)43-27-15-31-49-53(43)46-26-7-9-29-47(46)58(49)48-30-10-12-34-52(48)62-51-33-11-8-25-44(51)45-28-16-32-50(58)54(45)62/h1-36H. The Hall–Kier alpha value is -8.21. The summed E-state index contributed by atoms with van der Waals surface area (Å²) >= 11 is 0. The molecule has 0 amide bonds. The molecule has 1 aliphatic heterocycles. The molecule has 1 aliphatic carbocycles. The van der Waals surface area contributed by atoms with E-state index in [1.54, 1.807) is 0 Å². The molecular weight excluding hydrogens is 753 g/mol. The van der Waals surface area contributed by atoms with Gasteiger partial charge in [0.05, 0.1) is 22.1 Å². The van der Waals surface area contributed by atoms with Crippen molar-refractivity contribution in [3.63, 3.8) is 0 Å². The molecule has 288 valence electrons. The smallest absolute Gasteiger partial charge is 0.164 e. The first-order valence-corrected chi connectivity index (χ1v) is 21.2. The third-order valence-electron chi connectivity index (χ3n) is 13.0. The van der Waals surface area contributed by atoms with Gasteiger partial charge in [-0.05, 0) is 79.9 Å². The van der Waals surface area contributed by atoms with Crippen LogP contribution in [0.25, 0.3) is 95.0 Å². The van der Waals surface area contributed by atoms with E-state index in [0.29, 0.717) is 17.5 Å². The molecule has 0 N–H and O–H groups in total. The lowest BCUT2D eigenvalue weighted by Crippen LogP contribution is -2.33. The Morgan fingerprint density at radius 3 is 1.61 bits per heavy atom. The maximum Gasteiger partial charge on any atom is 0.164 e. The normalized spacial score (nSPS) is 14.5. The fraction of sp³-hybridized carbons (Fsp3) is 0.0172. The van der Waals surface area contributed by atoms with Gasteiger partial charge in [0.1, 0.15) is 0 Å². The van der Waals surface area contributed by atoms with E-state index in [2.05, 4.69) is 199 Å². The minimum absolute atomic E-state index is 0.526. The van der Waals surface area contributed by atoms with Crippen LogP contribution in [0.15, 0.2) is 218 Å². The van der Waals surface area contributed by atoms with Crippen molar-refractivity contribution in [2.24, 2.45) is 0 Å². The Morgan fingerprint density at radius 1 is 0.323 bits per heavy atom. The Morgan fingerprint density at radius 2 is 0.823 bits per heavy atom. The Labute approximate surface area is 359 Å². The van der Waals surface area contributed by atoms with Crippen LogP contribution < -0.4 is 0 Å². The van der Waals surface area contributed by atoms with Crippen molar-refractivity contribution in [3.05, 3.63) is 241 Å². The van der Waals surface area contributed by atoms with Crippen molar-refractivity contribution < 1.29 is 0 Å². The van der Waals surface area contributed by atoms with E-state index in [1.807, 2.05) is 24.3 Å². The second-order valence-corrected chi connectivity index (χ2v) is 16.3. The van der Waals surface area contributed by atoms with Crippen molar-refractivity contribution in [2.75, 3.05) is 0 Å². The molecule has 1 spiro atoms. The van der Waals surface area contributed by atoms with E-state index in [0.717, 1.165) is 33.4 Å². The summed E-state index contributed by atoms with van der Waals surface area (Å²) in [5.74, 6) is 1.90. The van der Waals surface area contributed by atoms with E-state index < -0.39 is 5.41 Å². The van der Waals surface area contributed by atoms with Gasteiger partial charge in [-0.3, -0.25) is 0 Å². The van der Waals surface area contributed by atoms with Crippen LogP contribution in [0.2, 0.25) is 0 Å². The van der Waals surface area contributed by atoms with Crippen LogP contribution in [0.1, 0.15) is 22.3 Å². The summed E-state index contributed by atoms with van der Waals surface area (Å²) in [5.41, 5.74) is 18.3. The van der Waals surface area contributed by atoms with Crippen LogP contribution in [0.5, 0.6) is 0 Å². The number of hydrogen-bond donors (Lipinski definition) is 0. The van der Waals surface area contributed by atoms with Gasteiger partial charge < -0.3 is 4.57 Å². The maximum absolute atomic E-state index is 5.21.